The highest BCUT2D eigenvalue weighted by atomic mass is 16.6. The van der Waals surface area contributed by atoms with Crippen molar-refractivity contribution in [2.45, 2.75) is 46.1 Å². The number of amides is 1. The monoisotopic (exact) mass is 402 g/mol. The molecule has 0 bridgehead atoms. The lowest BCUT2D eigenvalue weighted by atomic mass is 10.1. The average molecular weight is 402 g/mol. The number of ether oxygens (including phenoxy) is 2. The van der Waals surface area contributed by atoms with Crippen molar-refractivity contribution in [2.75, 3.05) is 0 Å². The standard InChI is InChI=1S/C25H26N2O3/c1-25(2,3)30-24(28)27-15-20-11-14-22(26-23(20)16-27)19-9-12-21(13-10-19)29-17-18-7-5-4-6-8-18/h4-14H,15-17H2,1-3H3. The van der Waals surface area contributed by atoms with Crippen LogP contribution in [-0.2, 0) is 24.4 Å². The molecular formula is C25H26N2O3. The van der Waals surface area contributed by atoms with Gasteiger partial charge in [-0.2, -0.15) is 0 Å². The molecule has 2 aromatic carbocycles. The molecule has 5 heteroatoms. The van der Waals surface area contributed by atoms with Crippen LogP contribution in [0, 0.1) is 0 Å². The predicted molar refractivity (Wildman–Crippen MR) is 116 cm³/mol. The maximum Gasteiger partial charge on any atom is 0.410 e. The van der Waals surface area contributed by atoms with Crippen molar-refractivity contribution in [2.24, 2.45) is 0 Å². The van der Waals surface area contributed by atoms with E-state index in [0.717, 1.165) is 33.8 Å². The van der Waals surface area contributed by atoms with Gasteiger partial charge in [0.2, 0.25) is 0 Å². The van der Waals surface area contributed by atoms with Gasteiger partial charge in [0.25, 0.3) is 0 Å². The topological polar surface area (TPSA) is 51.7 Å². The molecule has 0 spiro atoms. The van der Waals surface area contributed by atoms with E-state index < -0.39 is 5.60 Å². The van der Waals surface area contributed by atoms with Gasteiger partial charge in [0, 0.05) is 5.56 Å². The van der Waals surface area contributed by atoms with Gasteiger partial charge in [-0.05, 0) is 62.2 Å². The van der Waals surface area contributed by atoms with Crippen molar-refractivity contribution >= 4 is 6.09 Å². The van der Waals surface area contributed by atoms with Crippen LogP contribution >= 0.6 is 0 Å². The number of rotatable bonds is 4. The van der Waals surface area contributed by atoms with E-state index in [9.17, 15) is 4.79 Å². The highest BCUT2D eigenvalue weighted by Gasteiger charge is 2.28. The smallest absolute Gasteiger partial charge is 0.410 e. The predicted octanol–water partition coefficient (Wildman–Crippen LogP) is 5.58. The molecular weight excluding hydrogens is 376 g/mol. The molecule has 5 nitrogen and oxygen atoms in total. The molecule has 1 aliphatic rings. The third-order valence-electron chi connectivity index (χ3n) is 4.82. The highest BCUT2D eigenvalue weighted by molar-refractivity contribution is 5.69. The number of aromatic nitrogens is 1. The van der Waals surface area contributed by atoms with E-state index in [1.165, 1.54) is 0 Å². The second kappa shape index (κ2) is 8.19. The quantitative estimate of drug-likeness (QED) is 0.572. The van der Waals surface area contributed by atoms with E-state index in [-0.39, 0.29) is 6.09 Å². The first kappa shape index (κ1) is 20.0. The zero-order valence-electron chi connectivity index (χ0n) is 17.6. The van der Waals surface area contributed by atoms with Gasteiger partial charge in [-0.15, -0.1) is 0 Å². The fourth-order valence-corrected chi connectivity index (χ4v) is 3.33. The summed E-state index contributed by atoms with van der Waals surface area (Å²) in [5, 5.41) is 0. The highest BCUT2D eigenvalue weighted by Crippen LogP contribution is 2.28. The lowest BCUT2D eigenvalue weighted by Crippen LogP contribution is -2.33. The molecule has 0 aliphatic carbocycles. The number of pyridine rings is 1. The summed E-state index contributed by atoms with van der Waals surface area (Å²) in [6, 6.07) is 22.1. The Hall–Kier alpha value is -3.34. The third kappa shape index (κ3) is 4.79. The Balaban J connectivity index is 1.41. The van der Waals surface area contributed by atoms with Crippen LogP contribution in [0.4, 0.5) is 4.79 Å². The van der Waals surface area contributed by atoms with Gasteiger partial charge in [-0.25, -0.2) is 4.79 Å². The molecule has 0 radical (unpaired) electrons. The minimum atomic E-state index is -0.505. The van der Waals surface area contributed by atoms with Gasteiger partial charge in [-0.3, -0.25) is 9.88 Å². The minimum absolute atomic E-state index is 0.304. The van der Waals surface area contributed by atoms with Crippen LogP contribution in [0.2, 0.25) is 0 Å². The number of carbonyl (C=O) groups excluding carboxylic acids is 1. The molecule has 4 rings (SSSR count). The fourth-order valence-electron chi connectivity index (χ4n) is 3.33. The summed E-state index contributed by atoms with van der Waals surface area (Å²) in [4.78, 5) is 18.8. The molecule has 30 heavy (non-hydrogen) atoms. The first-order chi connectivity index (χ1) is 14.4. The van der Waals surface area contributed by atoms with Gasteiger partial charge in [0.15, 0.2) is 0 Å². The fraction of sp³-hybridized carbons (Fsp3) is 0.280. The molecule has 0 saturated carbocycles. The molecule has 0 unspecified atom stereocenters. The van der Waals surface area contributed by atoms with Gasteiger partial charge >= 0.3 is 6.09 Å². The maximum absolute atomic E-state index is 12.3. The molecule has 0 saturated heterocycles. The Bertz CT molecular complexity index is 1020. The van der Waals surface area contributed by atoms with Crippen molar-refractivity contribution in [3.05, 3.63) is 83.6 Å². The number of carbonyl (C=O) groups is 1. The SMILES string of the molecule is CC(C)(C)OC(=O)N1Cc2ccc(-c3ccc(OCc4ccccc4)cc3)nc2C1. The summed E-state index contributed by atoms with van der Waals surface area (Å²) in [7, 11) is 0. The van der Waals surface area contributed by atoms with E-state index in [1.54, 1.807) is 4.90 Å². The first-order valence-electron chi connectivity index (χ1n) is 10.1. The van der Waals surface area contributed by atoms with Gasteiger partial charge in [-0.1, -0.05) is 36.4 Å². The van der Waals surface area contributed by atoms with Crippen LogP contribution in [0.3, 0.4) is 0 Å². The molecule has 1 amide bonds. The second-order valence-electron chi connectivity index (χ2n) is 8.44. The van der Waals surface area contributed by atoms with Crippen LogP contribution in [-0.4, -0.2) is 21.6 Å². The van der Waals surface area contributed by atoms with Crippen molar-refractivity contribution < 1.29 is 14.3 Å². The zero-order chi connectivity index (χ0) is 21.1. The summed E-state index contributed by atoms with van der Waals surface area (Å²) in [6.45, 7) is 7.16. The molecule has 1 aliphatic heterocycles. The van der Waals surface area contributed by atoms with Gasteiger partial charge in [0.05, 0.1) is 24.5 Å². The third-order valence-corrected chi connectivity index (χ3v) is 4.82. The second-order valence-corrected chi connectivity index (χ2v) is 8.44. The van der Waals surface area contributed by atoms with Crippen LogP contribution in [0.15, 0.2) is 66.7 Å². The maximum atomic E-state index is 12.3. The number of benzene rings is 2. The van der Waals surface area contributed by atoms with E-state index in [4.69, 9.17) is 14.5 Å². The Morgan fingerprint density at radius 1 is 0.967 bits per heavy atom. The van der Waals surface area contributed by atoms with Gasteiger partial charge < -0.3 is 9.47 Å². The van der Waals surface area contributed by atoms with Crippen molar-refractivity contribution in [1.29, 1.82) is 0 Å². The molecule has 0 atom stereocenters. The largest absolute Gasteiger partial charge is 0.489 e. The van der Waals surface area contributed by atoms with Crippen LogP contribution in [0.5, 0.6) is 5.75 Å². The molecule has 2 heterocycles. The van der Waals surface area contributed by atoms with Crippen LogP contribution in [0.1, 0.15) is 37.6 Å². The van der Waals surface area contributed by atoms with E-state index >= 15 is 0 Å². The Morgan fingerprint density at radius 2 is 1.70 bits per heavy atom. The van der Waals surface area contributed by atoms with Crippen molar-refractivity contribution in [3.8, 4) is 17.0 Å². The lowest BCUT2D eigenvalue weighted by molar-refractivity contribution is 0.0240. The van der Waals surface area contributed by atoms with E-state index in [1.807, 2.05) is 87.5 Å². The van der Waals surface area contributed by atoms with Crippen LogP contribution in [0.25, 0.3) is 11.3 Å². The molecule has 154 valence electrons. The summed E-state index contributed by atoms with van der Waals surface area (Å²) in [5.41, 5.74) is 4.51. The number of nitrogens with zero attached hydrogens (tertiary/aromatic N) is 2. The normalized spacial score (nSPS) is 13.1. The van der Waals surface area contributed by atoms with Crippen LogP contribution < -0.4 is 4.74 Å². The van der Waals surface area contributed by atoms with Gasteiger partial charge in [0.1, 0.15) is 18.0 Å². The molecule has 3 aromatic rings. The average Bonchev–Trinajstić information content (AvgIpc) is 3.16. The zero-order valence-corrected chi connectivity index (χ0v) is 17.6. The molecule has 0 fully saturated rings. The molecule has 0 N–H and O–H groups in total. The van der Waals surface area contributed by atoms with Crippen molar-refractivity contribution in [1.82, 2.24) is 9.88 Å². The number of hydrogen-bond donors (Lipinski definition) is 0. The minimum Gasteiger partial charge on any atom is -0.489 e. The number of fused-ring (bicyclic) bond motifs is 1. The molecule has 1 aromatic heterocycles. The summed E-state index contributed by atoms with van der Waals surface area (Å²) in [5.74, 6) is 0.819. The Labute approximate surface area is 177 Å². The van der Waals surface area contributed by atoms with E-state index in [0.29, 0.717) is 19.7 Å². The first-order valence-corrected chi connectivity index (χ1v) is 10.1. The Morgan fingerprint density at radius 3 is 2.40 bits per heavy atom. The summed E-state index contributed by atoms with van der Waals surface area (Å²) < 4.78 is 11.3. The summed E-state index contributed by atoms with van der Waals surface area (Å²) in [6.07, 6.45) is -0.304. The van der Waals surface area contributed by atoms with E-state index in [2.05, 4.69) is 0 Å². The lowest BCUT2D eigenvalue weighted by Gasteiger charge is -2.23. The Kier molecular flexibility index (Phi) is 5.44. The summed E-state index contributed by atoms with van der Waals surface area (Å²) >= 11 is 0. The van der Waals surface area contributed by atoms with Crippen molar-refractivity contribution in [3.63, 3.8) is 0 Å². The number of hydrogen-bond acceptors (Lipinski definition) is 4.